The fourth-order valence-corrected chi connectivity index (χ4v) is 3.80. The van der Waals surface area contributed by atoms with Gasteiger partial charge in [0.05, 0.1) is 13.7 Å². The summed E-state index contributed by atoms with van der Waals surface area (Å²) in [4.78, 5) is 12.1. The summed E-state index contributed by atoms with van der Waals surface area (Å²) in [5, 5.41) is 21.3. The van der Waals surface area contributed by atoms with Gasteiger partial charge in [0.15, 0.2) is 20.7 Å². The molecule has 0 saturated carbocycles. The second-order valence-electron chi connectivity index (χ2n) is 8.57. The monoisotopic (exact) mass is 412 g/mol. The van der Waals surface area contributed by atoms with E-state index in [1.54, 1.807) is 0 Å². The van der Waals surface area contributed by atoms with Crippen LogP contribution in [-0.4, -0.2) is 62.3 Å². The Bertz CT molecular complexity index is 644. The minimum Gasteiger partial charge on any atom is -0.467 e. The summed E-state index contributed by atoms with van der Waals surface area (Å²) < 4.78 is 22.4. The molecule has 1 aliphatic heterocycles. The molecular formula is C20H32O7Si. The summed E-state index contributed by atoms with van der Waals surface area (Å²) in [5.41, 5.74) is 0.880. The van der Waals surface area contributed by atoms with Gasteiger partial charge in [-0.15, -0.1) is 0 Å². The van der Waals surface area contributed by atoms with Crippen molar-refractivity contribution in [2.45, 2.75) is 76.2 Å². The van der Waals surface area contributed by atoms with E-state index in [-0.39, 0.29) is 11.6 Å². The average Bonchev–Trinajstić information content (AvgIpc) is 2.63. The molecule has 0 unspecified atom stereocenters. The molecule has 5 atom stereocenters. The summed E-state index contributed by atoms with van der Waals surface area (Å²) in [7, 11) is -1.11. The van der Waals surface area contributed by atoms with Crippen LogP contribution in [0.25, 0.3) is 0 Å². The van der Waals surface area contributed by atoms with E-state index in [9.17, 15) is 15.0 Å². The Morgan fingerprint density at radius 1 is 1.14 bits per heavy atom. The Hall–Kier alpha value is -1.29. The highest BCUT2D eigenvalue weighted by molar-refractivity contribution is 6.74. The van der Waals surface area contributed by atoms with Crippen LogP contribution in [0.5, 0.6) is 0 Å². The van der Waals surface area contributed by atoms with Crippen LogP contribution in [0.4, 0.5) is 0 Å². The summed E-state index contributed by atoms with van der Waals surface area (Å²) in [6.07, 6.45) is -6.11. The lowest BCUT2D eigenvalue weighted by atomic mass is 9.98. The van der Waals surface area contributed by atoms with Crippen molar-refractivity contribution in [3.05, 3.63) is 35.9 Å². The van der Waals surface area contributed by atoms with Crippen molar-refractivity contribution < 1.29 is 33.6 Å². The van der Waals surface area contributed by atoms with Gasteiger partial charge >= 0.3 is 5.97 Å². The number of carbonyl (C=O) groups is 1. The third-order valence-corrected chi connectivity index (χ3v) is 9.91. The summed E-state index contributed by atoms with van der Waals surface area (Å²) >= 11 is 0. The van der Waals surface area contributed by atoms with E-state index in [0.29, 0.717) is 0 Å². The lowest BCUT2D eigenvalue weighted by Gasteiger charge is -2.46. The zero-order valence-electron chi connectivity index (χ0n) is 17.4. The van der Waals surface area contributed by atoms with E-state index in [1.807, 2.05) is 43.4 Å². The van der Waals surface area contributed by atoms with Crippen molar-refractivity contribution in [2.75, 3.05) is 7.11 Å². The average molecular weight is 413 g/mol. The van der Waals surface area contributed by atoms with Gasteiger partial charge in [0.1, 0.15) is 18.3 Å². The second kappa shape index (κ2) is 9.02. The number of hydrogen-bond acceptors (Lipinski definition) is 7. The number of carbonyl (C=O) groups excluding carboxylic acids is 1. The van der Waals surface area contributed by atoms with E-state index in [1.165, 1.54) is 7.11 Å². The molecule has 158 valence electrons. The van der Waals surface area contributed by atoms with Crippen LogP contribution in [0.15, 0.2) is 30.3 Å². The van der Waals surface area contributed by atoms with Crippen LogP contribution in [0.2, 0.25) is 18.1 Å². The highest BCUT2D eigenvalue weighted by Gasteiger charge is 2.52. The first kappa shape index (κ1) is 23.0. The van der Waals surface area contributed by atoms with Gasteiger partial charge in [-0.1, -0.05) is 51.1 Å². The van der Waals surface area contributed by atoms with Crippen molar-refractivity contribution in [3.8, 4) is 0 Å². The quantitative estimate of drug-likeness (QED) is 0.546. The largest absolute Gasteiger partial charge is 0.467 e. The Balaban J connectivity index is 2.22. The molecule has 0 radical (unpaired) electrons. The van der Waals surface area contributed by atoms with Crippen molar-refractivity contribution in [3.63, 3.8) is 0 Å². The molecule has 1 heterocycles. The smallest absolute Gasteiger partial charge is 0.337 e. The minimum atomic E-state index is -2.32. The van der Waals surface area contributed by atoms with Crippen LogP contribution in [-0.2, 0) is 30.0 Å². The third-order valence-electron chi connectivity index (χ3n) is 5.48. The molecule has 1 aromatic rings. The molecule has 8 heteroatoms. The van der Waals surface area contributed by atoms with E-state index >= 15 is 0 Å². The van der Waals surface area contributed by atoms with Crippen molar-refractivity contribution >= 4 is 14.3 Å². The summed E-state index contributed by atoms with van der Waals surface area (Å²) in [6.45, 7) is 10.4. The zero-order chi connectivity index (χ0) is 21.1. The number of esters is 1. The first-order chi connectivity index (χ1) is 13.0. The number of ether oxygens (including phenoxy) is 3. The predicted octanol–water partition coefficient (Wildman–Crippen LogP) is 2.21. The lowest BCUT2D eigenvalue weighted by molar-refractivity contribution is -0.284. The Labute approximate surface area is 167 Å². The first-order valence-electron chi connectivity index (χ1n) is 9.40. The number of hydrogen-bond donors (Lipinski definition) is 2. The molecule has 2 rings (SSSR count). The maximum absolute atomic E-state index is 12.1. The second-order valence-corrected chi connectivity index (χ2v) is 13.3. The van der Waals surface area contributed by atoms with Crippen LogP contribution >= 0.6 is 0 Å². The van der Waals surface area contributed by atoms with Crippen LogP contribution < -0.4 is 0 Å². The van der Waals surface area contributed by atoms with Gasteiger partial charge < -0.3 is 28.8 Å². The van der Waals surface area contributed by atoms with Crippen molar-refractivity contribution in [1.29, 1.82) is 0 Å². The van der Waals surface area contributed by atoms with Crippen LogP contribution in [0, 0.1) is 0 Å². The maximum Gasteiger partial charge on any atom is 0.337 e. The van der Waals surface area contributed by atoms with Gasteiger partial charge in [-0.05, 0) is 23.7 Å². The number of aliphatic hydroxyl groups excluding tert-OH is 2. The molecule has 0 amide bonds. The van der Waals surface area contributed by atoms with Gasteiger partial charge in [0.2, 0.25) is 0 Å². The summed E-state index contributed by atoms with van der Waals surface area (Å²) in [6, 6.07) is 9.38. The first-order valence-corrected chi connectivity index (χ1v) is 12.3. The third kappa shape index (κ3) is 5.19. The standard InChI is InChI=1S/C20H32O7Si/c1-20(2,3)28(5,6)27-19-15(22)16(14(21)17(26-19)18(23)24-4)25-12-13-10-8-7-9-11-13/h7-11,14-17,19,21-22H,12H2,1-6H3/t14-,15+,16-,17+,19+/m0/s1. The van der Waals surface area contributed by atoms with E-state index in [2.05, 4.69) is 20.8 Å². The molecule has 1 aromatic carbocycles. The molecule has 0 bridgehead atoms. The molecular weight excluding hydrogens is 380 g/mol. The molecule has 0 aliphatic carbocycles. The number of methoxy groups -OCH3 is 1. The Morgan fingerprint density at radius 3 is 2.29 bits per heavy atom. The molecule has 7 nitrogen and oxygen atoms in total. The fourth-order valence-electron chi connectivity index (χ4n) is 2.67. The van der Waals surface area contributed by atoms with E-state index < -0.39 is 45.0 Å². The molecule has 1 saturated heterocycles. The minimum absolute atomic E-state index is 0.132. The van der Waals surface area contributed by atoms with Crippen molar-refractivity contribution in [2.24, 2.45) is 0 Å². The molecule has 0 aromatic heterocycles. The van der Waals surface area contributed by atoms with Gasteiger partial charge in [-0.3, -0.25) is 0 Å². The highest BCUT2D eigenvalue weighted by atomic mass is 28.4. The maximum atomic E-state index is 12.1. The SMILES string of the molecule is COC(=O)[C@@H]1O[C@H](O[Si](C)(C)C(C)(C)C)[C@H](O)[C@@H](OCc2ccccc2)[C@@H]1O. The molecule has 1 fully saturated rings. The van der Waals surface area contributed by atoms with Crippen LogP contribution in [0.3, 0.4) is 0 Å². The normalized spacial score (nSPS) is 28.8. The molecule has 28 heavy (non-hydrogen) atoms. The number of benzene rings is 1. The highest BCUT2D eigenvalue weighted by Crippen LogP contribution is 2.39. The fraction of sp³-hybridized carbons (Fsp3) is 0.650. The lowest BCUT2D eigenvalue weighted by Crippen LogP contribution is -2.63. The van der Waals surface area contributed by atoms with Crippen LogP contribution in [0.1, 0.15) is 26.3 Å². The van der Waals surface area contributed by atoms with Gasteiger partial charge in [0.25, 0.3) is 0 Å². The topological polar surface area (TPSA) is 94.5 Å². The van der Waals surface area contributed by atoms with Gasteiger partial charge in [-0.2, -0.15) is 0 Å². The van der Waals surface area contributed by atoms with Crippen molar-refractivity contribution in [1.82, 2.24) is 0 Å². The number of aliphatic hydroxyl groups is 2. The van der Waals surface area contributed by atoms with Gasteiger partial charge in [-0.25, -0.2) is 4.79 Å². The predicted molar refractivity (Wildman–Crippen MR) is 106 cm³/mol. The Morgan fingerprint density at radius 2 is 1.75 bits per heavy atom. The van der Waals surface area contributed by atoms with E-state index in [4.69, 9.17) is 18.6 Å². The van der Waals surface area contributed by atoms with E-state index in [0.717, 1.165) is 5.56 Å². The zero-order valence-corrected chi connectivity index (χ0v) is 18.4. The molecule has 1 aliphatic rings. The Kier molecular flexibility index (Phi) is 7.41. The van der Waals surface area contributed by atoms with Gasteiger partial charge in [0, 0.05) is 0 Å². The number of rotatable bonds is 6. The molecule has 0 spiro atoms. The molecule has 2 N–H and O–H groups in total. The summed E-state index contributed by atoms with van der Waals surface area (Å²) in [5.74, 6) is -0.739.